The molecule has 0 fully saturated rings. The molecule has 0 spiro atoms. The highest BCUT2D eigenvalue weighted by molar-refractivity contribution is 7.62. The quantitative estimate of drug-likeness (QED) is 0.0632. The number of rotatable bonds is 18. The number of benzene rings is 2. The number of allylic oxidation sites excluding steroid dienone is 4. The van der Waals surface area contributed by atoms with Crippen LogP contribution in [0.5, 0.6) is 23.0 Å². The van der Waals surface area contributed by atoms with Crippen LogP contribution in [0.3, 0.4) is 0 Å². The number of methoxy groups -OCH3 is 2. The summed E-state index contributed by atoms with van der Waals surface area (Å²) in [5.74, 6) is 1.66. The maximum atomic E-state index is 12.5. The molecule has 2 N–H and O–H groups in total. The number of carbonyl (C=O) groups excluding carboxylic acids is 2. The number of cyclic esters (lactones) is 2. The van der Waals surface area contributed by atoms with Crippen LogP contribution in [-0.4, -0.2) is 91.0 Å². The van der Waals surface area contributed by atoms with E-state index in [1.807, 2.05) is 20.8 Å². The predicted molar refractivity (Wildman–Crippen MR) is 237 cm³/mol. The van der Waals surface area contributed by atoms with Gasteiger partial charge in [0.2, 0.25) is 0 Å². The number of hydrogen-bond acceptors (Lipinski definition) is 10. The van der Waals surface area contributed by atoms with Crippen molar-refractivity contribution < 1.29 is 56.9 Å². The molecule has 0 aliphatic carbocycles. The molecule has 16 heteroatoms. The van der Waals surface area contributed by atoms with Crippen molar-refractivity contribution in [2.75, 3.05) is 53.1 Å². The van der Waals surface area contributed by atoms with Crippen LogP contribution in [0.2, 0.25) is 51.4 Å². The Balaban J connectivity index is 0.000000310. The molecule has 0 radical (unpaired) electrons. The predicted octanol–water partition coefficient (Wildman–Crippen LogP) is 9.56. The van der Waals surface area contributed by atoms with Crippen molar-refractivity contribution in [2.24, 2.45) is 0 Å². The molecule has 2 aromatic rings. The Morgan fingerprint density at radius 1 is 0.672 bits per heavy atom. The Bertz CT molecular complexity index is 1870. The van der Waals surface area contributed by atoms with Crippen LogP contribution in [0.4, 0.5) is 0 Å². The van der Waals surface area contributed by atoms with Gasteiger partial charge in [0.05, 0.1) is 40.7 Å². The fourth-order valence-electron chi connectivity index (χ4n) is 6.86. The lowest BCUT2D eigenvalue weighted by Gasteiger charge is -2.21. The molecule has 2 aromatic carbocycles. The number of ether oxygens (including phenoxy) is 6. The van der Waals surface area contributed by atoms with Crippen molar-refractivity contribution >= 4 is 42.8 Å². The minimum atomic E-state index is -4.14. The van der Waals surface area contributed by atoms with Crippen molar-refractivity contribution in [3.63, 3.8) is 0 Å². The molecule has 0 unspecified atom stereocenters. The minimum absolute atomic E-state index is 0.189. The van der Waals surface area contributed by atoms with Gasteiger partial charge in [-0.1, -0.05) is 62.6 Å². The zero-order valence-electron chi connectivity index (χ0n) is 37.1. The Kier molecular flexibility index (Phi) is 16.9. The standard InChI is InChI=1S/C22H35O5PSi.C20H31O7PSi/c1-15(14-28(4,5)24)9-10-17-20(25-3)16(2)18-13-27-22(23)19(18)21(17)26-11-12-29(6,7)8;1-13(12-28(22,23)24)7-8-15-18(25-3)14(2)16-11-27-20(21)17(16)19(15)26-9-10-29(4,5)6/h9H,10-14H2,1-8H3;7H,8-12H2,1-6H3,(H2,22,23,24)/b15-9+;13-7+. The topological polar surface area (TPSA) is 164 Å². The zero-order chi connectivity index (χ0) is 44.0. The molecule has 0 saturated carbocycles. The lowest BCUT2D eigenvalue weighted by atomic mass is 9.95. The van der Waals surface area contributed by atoms with Crippen LogP contribution < -0.4 is 18.9 Å². The van der Waals surface area contributed by atoms with E-state index in [1.165, 1.54) is 0 Å². The van der Waals surface area contributed by atoms with Gasteiger partial charge >= 0.3 is 19.5 Å². The van der Waals surface area contributed by atoms with Gasteiger partial charge in [-0.3, -0.25) is 4.57 Å². The Morgan fingerprint density at radius 3 is 1.34 bits per heavy atom. The van der Waals surface area contributed by atoms with Gasteiger partial charge in [-0.2, -0.15) is 0 Å². The monoisotopic (exact) mass is 880 g/mol. The number of carbonyl (C=O) groups is 2. The summed E-state index contributed by atoms with van der Waals surface area (Å²) in [5.41, 5.74) is 7.53. The molecule has 0 aromatic heterocycles. The molecule has 0 atom stereocenters. The lowest BCUT2D eigenvalue weighted by molar-refractivity contribution is 0.0522. The third-order valence-corrected chi connectivity index (χ3v) is 15.4. The van der Waals surface area contributed by atoms with Gasteiger partial charge in [0.1, 0.15) is 47.3 Å². The second kappa shape index (κ2) is 20.0. The van der Waals surface area contributed by atoms with Crippen LogP contribution in [-0.2, 0) is 44.7 Å². The van der Waals surface area contributed by atoms with Gasteiger partial charge in [-0.05, 0) is 77.1 Å². The van der Waals surface area contributed by atoms with Crippen LogP contribution >= 0.6 is 14.7 Å². The largest absolute Gasteiger partial charge is 0.496 e. The van der Waals surface area contributed by atoms with Crippen molar-refractivity contribution in [3.8, 4) is 23.0 Å². The van der Waals surface area contributed by atoms with Crippen LogP contribution in [0.1, 0.15) is 67.9 Å². The van der Waals surface area contributed by atoms with Crippen molar-refractivity contribution in [1.82, 2.24) is 0 Å². The fourth-order valence-corrected chi connectivity index (χ4v) is 10.4. The molecule has 0 saturated heterocycles. The zero-order valence-corrected chi connectivity index (χ0v) is 40.9. The van der Waals surface area contributed by atoms with Gasteiger partial charge in [0.15, 0.2) is 0 Å². The maximum absolute atomic E-state index is 12.5. The first kappa shape index (κ1) is 49.2. The number of esters is 2. The van der Waals surface area contributed by atoms with Crippen molar-refractivity contribution in [2.45, 2.75) is 105 Å². The number of hydrogen-bond donors (Lipinski definition) is 2. The molecule has 0 bridgehead atoms. The summed E-state index contributed by atoms with van der Waals surface area (Å²) in [7, 11) is -5.70. The van der Waals surface area contributed by atoms with E-state index in [1.54, 1.807) is 40.5 Å². The van der Waals surface area contributed by atoms with Crippen LogP contribution in [0, 0.1) is 13.8 Å². The van der Waals surface area contributed by atoms with E-state index in [-0.39, 0.29) is 25.3 Å². The van der Waals surface area contributed by atoms with Gasteiger partial charge in [-0.25, -0.2) is 9.59 Å². The molecule has 2 heterocycles. The summed E-state index contributed by atoms with van der Waals surface area (Å²) in [5, 5.41) is 0. The molecule has 2 aliphatic rings. The molecule has 2 aliphatic heterocycles. The molecule has 12 nitrogen and oxygen atoms in total. The highest BCUT2D eigenvalue weighted by atomic mass is 31.2. The van der Waals surface area contributed by atoms with Crippen molar-refractivity contribution in [3.05, 3.63) is 67.8 Å². The molecule has 0 amide bonds. The smallest absolute Gasteiger partial charge is 0.342 e. The van der Waals surface area contributed by atoms with Gasteiger partial charge in [-0.15, -0.1) is 0 Å². The van der Waals surface area contributed by atoms with Gasteiger partial charge in [0, 0.05) is 44.6 Å². The normalized spacial score (nSPS) is 14.6. The van der Waals surface area contributed by atoms with Crippen LogP contribution in [0.15, 0.2) is 23.3 Å². The second-order valence-electron chi connectivity index (χ2n) is 18.2. The third-order valence-electron chi connectivity index (χ3n) is 9.84. The van der Waals surface area contributed by atoms with E-state index in [2.05, 4.69) is 45.4 Å². The van der Waals surface area contributed by atoms with Gasteiger partial charge in [0.25, 0.3) is 0 Å². The lowest BCUT2D eigenvalue weighted by Crippen LogP contribution is -2.23. The minimum Gasteiger partial charge on any atom is -0.496 e. The summed E-state index contributed by atoms with van der Waals surface area (Å²) in [6.45, 7) is 26.2. The summed E-state index contributed by atoms with van der Waals surface area (Å²) in [6, 6.07) is 1.93. The molecule has 324 valence electrons. The first-order chi connectivity index (χ1) is 26.7. The van der Waals surface area contributed by atoms with E-state index < -0.39 is 36.9 Å². The van der Waals surface area contributed by atoms with E-state index in [9.17, 15) is 28.5 Å². The maximum Gasteiger partial charge on any atom is 0.342 e. The third kappa shape index (κ3) is 14.0. The molecule has 4 rings (SSSR count). The summed E-state index contributed by atoms with van der Waals surface area (Å²) in [4.78, 5) is 43.3. The van der Waals surface area contributed by atoms with Gasteiger partial charge < -0.3 is 42.8 Å². The van der Waals surface area contributed by atoms with E-state index in [0.717, 1.165) is 51.2 Å². The molecular formula is C42H66O12P2Si2. The average molecular weight is 881 g/mol. The van der Waals surface area contributed by atoms with E-state index in [4.69, 9.17) is 28.4 Å². The average Bonchev–Trinajstić information content (AvgIpc) is 3.65. The van der Waals surface area contributed by atoms with E-state index >= 15 is 0 Å². The highest BCUT2D eigenvalue weighted by Gasteiger charge is 2.35. The molecular weight excluding hydrogens is 815 g/mol. The first-order valence-electron chi connectivity index (χ1n) is 19.6. The van der Waals surface area contributed by atoms with Crippen LogP contribution in [0.25, 0.3) is 0 Å². The molecule has 58 heavy (non-hydrogen) atoms. The summed E-state index contributed by atoms with van der Waals surface area (Å²) >= 11 is 0. The Hall–Kier alpha value is -3.13. The Labute approximate surface area is 347 Å². The second-order valence-corrected chi connectivity index (χ2v) is 34.5. The van der Waals surface area contributed by atoms with E-state index in [0.29, 0.717) is 71.7 Å². The first-order valence-corrected chi connectivity index (χ1v) is 31.6. The highest BCUT2D eigenvalue weighted by Crippen LogP contribution is 2.45. The SMILES string of the molecule is COc1c(C)c2c(c(OCC[Si](C)(C)C)c1C/C=C(\C)CP(=O)(O)O)C(=O)OC2.COc1c(C)c2c(c(OCC[Si](C)(C)C)c1C/C=C(\C)CP(C)(C)=O)C(=O)OC2. The van der Waals surface area contributed by atoms with Crippen molar-refractivity contribution in [1.29, 1.82) is 0 Å². The number of fused-ring (bicyclic) bond motifs is 2. The summed E-state index contributed by atoms with van der Waals surface area (Å²) in [6.07, 6.45) is 4.96. The summed E-state index contributed by atoms with van der Waals surface area (Å²) < 4.78 is 57.7. The Morgan fingerprint density at radius 2 is 1.03 bits per heavy atom. The fraction of sp³-hybridized carbons (Fsp3) is 0.571.